The second kappa shape index (κ2) is 7.21. The van der Waals surface area contributed by atoms with E-state index in [1.165, 1.54) is 0 Å². The molecule has 5 heteroatoms. The average molecular weight is 284 g/mol. The molecule has 0 aliphatic heterocycles. The summed E-state index contributed by atoms with van der Waals surface area (Å²) in [6.07, 6.45) is -0.810. The van der Waals surface area contributed by atoms with Gasteiger partial charge in [0.1, 0.15) is 12.6 Å². The lowest BCUT2D eigenvalue weighted by Gasteiger charge is -2.11. The zero-order valence-electron chi connectivity index (χ0n) is 11.4. The summed E-state index contributed by atoms with van der Waals surface area (Å²) in [5.74, 6) is -0.598. The zero-order valence-corrected chi connectivity index (χ0v) is 11.4. The Bertz CT molecular complexity index is 599. The molecule has 2 rings (SSSR count). The predicted octanol–water partition coefficient (Wildman–Crippen LogP) is 2.14. The van der Waals surface area contributed by atoms with Gasteiger partial charge in [0.15, 0.2) is 0 Å². The predicted molar refractivity (Wildman–Crippen MR) is 78.1 cm³/mol. The van der Waals surface area contributed by atoms with Gasteiger partial charge in [-0.25, -0.2) is 4.79 Å². The number of nitrogens with two attached hydrogens (primary N) is 1. The van der Waals surface area contributed by atoms with E-state index in [2.05, 4.69) is 5.32 Å². The number of hydrogen-bond acceptors (Lipinski definition) is 4. The lowest BCUT2D eigenvalue weighted by atomic mass is 10.1. The quantitative estimate of drug-likeness (QED) is 0.901. The summed E-state index contributed by atoms with van der Waals surface area (Å²) in [6, 6.07) is 17.1. The van der Waals surface area contributed by atoms with Crippen molar-refractivity contribution in [3.63, 3.8) is 0 Å². The number of benzene rings is 2. The summed E-state index contributed by atoms with van der Waals surface area (Å²) in [5.41, 5.74) is 7.24. The van der Waals surface area contributed by atoms with E-state index in [-0.39, 0.29) is 6.61 Å². The van der Waals surface area contributed by atoms with Crippen molar-refractivity contribution in [2.45, 2.75) is 12.6 Å². The monoisotopic (exact) mass is 284 g/mol. The molecule has 21 heavy (non-hydrogen) atoms. The van der Waals surface area contributed by atoms with Crippen molar-refractivity contribution in [2.24, 2.45) is 5.73 Å². The van der Waals surface area contributed by atoms with E-state index in [1.54, 1.807) is 24.3 Å². The third kappa shape index (κ3) is 4.43. The Morgan fingerprint density at radius 2 is 1.57 bits per heavy atom. The third-order valence-corrected chi connectivity index (χ3v) is 2.88. The third-order valence-electron chi connectivity index (χ3n) is 2.88. The minimum absolute atomic E-state index is 0.0977. The summed E-state index contributed by atoms with van der Waals surface area (Å²) in [5, 5.41) is 2.12. The first-order valence-corrected chi connectivity index (χ1v) is 6.49. The van der Waals surface area contributed by atoms with E-state index >= 15 is 0 Å². The summed E-state index contributed by atoms with van der Waals surface area (Å²) in [7, 11) is 0. The van der Waals surface area contributed by atoms with Gasteiger partial charge in [-0.15, -0.1) is 0 Å². The van der Waals surface area contributed by atoms with E-state index in [0.717, 1.165) is 5.56 Å². The lowest BCUT2D eigenvalue weighted by Crippen LogP contribution is -2.38. The van der Waals surface area contributed by atoms with Crippen LogP contribution in [0.4, 0.5) is 4.79 Å². The first kappa shape index (κ1) is 14.7. The number of carbonyl (C=O) groups excluding carboxylic acids is 2. The van der Waals surface area contributed by atoms with Crippen LogP contribution in [0.5, 0.6) is 0 Å². The number of imide groups is 1. The minimum atomic E-state index is -0.907. The van der Waals surface area contributed by atoms with Crippen LogP contribution in [0.1, 0.15) is 17.2 Å². The summed E-state index contributed by atoms with van der Waals surface area (Å²) >= 11 is 0. The van der Waals surface area contributed by atoms with E-state index < -0.39 is 18.0 Å². The molecule has 3 N–H and O–H groups in total. The molecule has 0 aromatic heterocycles. The van der Waals surface area contributed by atoms with Gasteiger partial charge in [-0.2, -0.15) is 0 Å². The van der Waals surface area contributed by atoms with Gasteiger partial charge < -0.3 is 10.5 Å². The molecule has 0 fully saturated rings. The molecule has 0 saturated heterocycles. The highest BCUT2D eigenvalue weighted by Crippen LogP contribution is 2.09. The molecular weight excluding hydrogens is 268 g/mol. The normalized spacial score (nSPS) is 11.5. The average Bonchev–Trinajstić information content (AvgIpc) is 2.54. The molecule has 1 atom stereocenters. The number of alkyl carbamates (subject to hydrolysis) is 1. The Hall–Kier alpha value is -2.66. The van der Waals surface area contributed by atoms with E-state index in [0.29, 0.717) is 5.56 Å². The standard InChI is InChI=1S/C16H16N2O3/c17-14(13-9-5-2-6-10-13)15(19)18-16(20)21-11-12-7-3-1-4-8-12/h1-10,14H,11,17H2,(H,18,19,20)/t14-/m0/s1. The van der Waals surface area contributed by atoms with Crippen LogP contribution in [-0.2, 0) is 16.1 Å². The van der Waals surface area contributed by atoms with Crippen LogP contribution in [0.3, 0.4) is 0 Å². The second-order valence-electron chi connectivity index (χ2n) is 4.44. The van der Waals surface area contributed by atoms with Crippen molar-refractivity contribution < 1.29 is 14.3 Å². The summed E-state index contributed by atoms with van der Waals surface area (Å²) < 4.78 is 4.96. The Kier molecular flexibility index (Phi) is 5.06. The minimum Gasteiger partial charge on any atom is -0.444 e. The number of amides is 2. The number of rotatable bonds is 4. The highest BCUT2D eigenvalue weighted by atomic mass is 16.5. The summed E-state index contributed by atoms with van der Waals surface area (Å²) in [4.78, 5) is 23.4. The zero-order chi connectivity index (χ0) is 15.1. The van der Waals surface area contributed by atoms with Crippen molar-refractivity contribution in [2.75, 3.05) is 0 Å². The number of carbonyl (C=O) groups is 2. The van der Waals surface area contributed by atoms with Crippen LogP contribution in [-0.4, -0.2) is 12.0 Å². The van der Waals surface area contributed by atoms with Crippen molar-refractivity contribution >= 4 is 12.0 Å². The molecule has 5 nitrogen and oxygen atoms in total. The van der Waals surface area contributed by atoms with Crippen LogP contribution in [0, 0.1) is 0 Å². The maximum Gasteiger partial charge on any atom is 0.414 e. The Morgan fingerprint density at radius 1 is 1.00 bits per heavy atom. The maximum absolute atomic E-state index is 11.8. The first-order valence-electron chi connectivity index (χ1n) is 6.49. The number of ether oxygens (including phenoxy) is 1. The van der Waals surface area contributed by atoms with Crippen LogP contribution >= 0.6 is 0 Å². The van der Waals surface area contributed by atoms with Crippen LogP contribution < -0.4 is 11.1 Å². The fraction of sp³-hybridized carbons (Fsp3) is 0.125. The van der Waals surface area contributed by atoms with Crippen LogP contribution in [0.15, 0.2) is 60.7 Å². The van der Waals surface area contributed by atoms with Gasteiger partial charge in [-0.05, 0) is 11.1 Å². The molecule has 0 unspecified atom stereocenters. The fourth-order valence-electron chi connectivity index (χ4n) is 1.75. The van der Waals surface area contributed by atoms with E-state index in [1.807, 2.05) is 36.4 Å². The highest BCUT2D eigenvalue weighted by Gasteiger charge is 2.18. The van der Waals surface area contributed by atoms with Gasteiger partial charge in [0, 0.05) is 0 Å². The summed E-state index contributed by atoms with van der Waals surface area (Å²) in [6.45, 7) is 0.0977. The SMILES string of the molecule is N[C@H](C(=O)NC(=O)OCc1ccccc1)c1ccccc1. The van der Waals surface area contributed by atoms with Crippen LogP contribution in [0.2, 0.25) is 0 Å². The maximum atomic E-state index is 11.8. The molecule has 2 amide bonds. The Balaban J connectivity index is 1.83. The molecule has 0 aliphatic carbocycles. The van der Waals surface area contributed by atoms with Crippen molar-refractivity contribution in [3.05, 3.63) is 71.8 Å². The lowest BCUT2D eigenvalue weighted by molar-refractivity contribution is -0.121. The molecule has 0 saturated carbocycles. The Morgan fingerprint density at radius 3 is 2.19 bits per heavy atom. The van der Waals surface area contributed by atoms with Gasteiger partial charge >= 0.3 is 6.09 Å². The van der Waals surface area contributed by atoms with Crippen LogP contribution in [0.25, 0.3) is 0 Å². The van der Waals surface area contributed by atoms with Gasteiger partial charge in [0.25, 0.3) is 5.91 Å². The topological polar surface area (TPSA) is 81.4 Å². The first-order chi connectivity index (χ1) is 10.2. The smallest absolute Gasteiger partial charge is 0.414 e. The molecule has 0 heterocycles. The van der Waals surface area contributed by atoms with Gasteiger partial charge in [-0.3, -0.25) is 10.1 Å². The molecule has 2 aromatic rings. The van der Waals surface area contributed by atoms with E-state index in [4.69, 9.17) is 10.5 Å². The molecule has 2 aromatic carbocycles. The van der Waals surface area contributed by atoms with E-state index in [9.17, 15) is 9.59 Å². The highest BCUT2D eigenvalue weighted by molar-refractivity contribution is 5.95. The molecular formula is C16H16N2O3. The van der Waals surface area contributed by atoms with Crippen molar-refractivity contribution in [1.29, 1.82) is 0 Å². The van der Waals surface area contributed by atoms with Gasteiger partial charge in [0.05, 0.1) is 0 Å². The van der Waals surface area contributed by atoms with Crippen molar-refractivity contribution in [1.82, 2.24) is 5.32 Å². The fourth-order valence-corrected chi connectivity index (χ4v) is 1.75. The number of hydrogen-bond donors (Lipinski definition) is 2. The van der Waals surface area contributed by atoms with Crippen molar-refractivity contribution in [3.8, 4) is 0 Å². The molecule has 0 radical (unpaired) electrons. The largest absolute Gasteiger partial charge is 0.444 e. The molecule has 0 bridgehead atoms. The molecule has 0 spiro atoms. The number of nitrogens with one attached hydrogen (secondary N) is 1. The Labute approximate surface area is 122 Å². The molecule has 0 aliphatic rings. The van der Waals surface area contributed by atoms with Gasteiger partial charge in [0.2, 0.25) is 0 Å². The van der Waals surface area contributed by atoms with Gasteiger partial charge in [-0.1, -0.05) is 60.7 Å². The second-order valence-corrected chi connectivity index (χ2v) is 4.44. The molecule has 108 valence electrons.